The Kier molecular flexibility index (Phi) is 17.7. The van der Waals surface area contributed by atoms with Crippen LogP contribution in [-0.4, -0.2) is 19.1 Å². The van der Waals surface area contributed by atoms with E-state index in [1.54, 1.807) is 11.3 Å². The summed E-state index contributed by atoms with van der Waals surface area (Å²) in [5, 5.41) is 6.36. The number of carbonyl (C=O) groups excluding carboxylic acids is 1. The van der Waals surface area contributed by atoms with Crippen LogP contribution in [0.15, 0.2) is 54.0 Å². The van der Waals surface area contributed by atoms with Gasteiger partial charge in [-0.25, -0.2) is 0 Å². The van der Waals surface area contributed by atoms with E-state index < -0.39 is 0 Å². The van der Waals surface area contributed by atoms with Crippen LogP contribution in [0, 0.1) is 6.92 Å². The number of aryl methyl sites for hydroxylation is 1. The average Bonchev–Trinajstić information content (AvgIpc) is 3.39. The number of hydrogen-bond donors (Lipinski definition) is 1. The summed E-state index contributed by atoms with van der Waals surface area (Å²) >= 11 is 1.71. The number of halogens is 1. The van der Waals surface area contributed by atoms with Gasteiger partial charge < -0.3 is 31.8 Å². The summed E-state index contributed by atoms with van der Waals surface area (Å²) in [5.74, 6) is 1.20. The zero-order chi connectivity index (χ0) is 30.9. The third-order valence-corrected chi connectivity index (χ3v) is 8.74. The van der Waals surface area contributed by atoms with Gasteiger partial charge in [-0.1, -0.05) is 140 Å². The van der Waals surface area contributed by atoms with Crippen molar-refractivity contribution in [2.75, 3.05) is 18.5 Å². The maximum atomic E-state index is 13.0. The minimum Gasteiger partial charge on any atom is -1.00 e. The highest BCUT2D eigenvalue weighted by molar-refractivity contribution is 7.09. The Morgan fingerprint density at radius 3 is 2.09 bits per heavy atom. The number of amides is 1. The van der Waals surface area contributed by atoms with Crippen molar-refractivity contribution < 1.29 is 35.8 Å². The van der Waals surface area contributed by atoms with Crippen molar-refractivity contribution >= 4 is 22.9 Å². The van der Waals surface area contributed by atoms with Gasteiger partial charge in [0, 0.05) is 18.1 Å². The molecule has 3 rings (SSSR count). The predicted molar refractivity (Wildman–Crippen MR) is 181 cm³/mol. The number of ether oxygens (including phenoxy) is 2. The average molecular weight is 688 g/mol. The van der Waals surface area contributed by atoms with E-state index in [1.807, 2.05) is 30.3 Å². The van der Waals surface area contributed by atoms with Gasteiger partial charge >= 0.3 is 0 Å². The van der Waals surface area contributed by atoms with Crippen molar-refractivity contribution in [3.63, 3.8) is 0 Å². The summed E-state index contributed by atoms with van der Waals surface area (Å²) in [6, 6.07) is 13.9. The standard InChI is InChI=1S/C37H54N2O3S.BrH/c1-6-7-8-9-10-11-12-13-14-15-16-19-26-41-36-32(37(3,4)5)22-20-24-34(36)42-29-35(40)38-33-23-18-17-21-31(33)28-39-25-27-43-30(39)2;/h17-18,20-25,27H,6-16,19,26,28-29H2,1-5H3;1H. The molecule has 0 fully saturated rings. The first-order valence-electron chi connectivity index (χ1n) is 16.5. The van der Waals surface area contributed by atoms with Crippen molar-refractivity contribution in [1.29, 1.82) is 0 Å². The van der Waals surface area contributed by atoms with Crippen LogP contribution in [0.4, 0.5) is 5.69 Å². The number of aromatic nitrogens is 1. The summed E-state index contributed by atoms with van der Waals surface area (Å²) in [6.07, 6.45) is 17.9. The van der Waals surface area contributed by atoms with Gasteiger partial charge in [-0.05, 0) is 24.0 Å². The Morgan fingerprint density at radius 2 is 1.48 bits per heavy atom. The molecular formula is C37H55BrN2O3S. The Bertz CT molecular complexity index is 1240. The second-order valence-corrected chi connectivity index (χ2v) is 13.8. The topological polar surface area (TPSA) is 51.4 Å². The number of nitrogens with zero attached hydrogens (tertiary/aromatic N) is 1. The lowest BCUT2D eigenvalue weighted by Gasteiger charge is -2.24. The van der Waals surface area contributed by atoms with E-state index >= 15 is 0 Å². The highest BCUT2D eigenvalue weighted by atomic mass is 79.9. The molecule has 44 heavy (non-hydrogen) atoms. The number of unbranched alkanes of at least 4 members (excludes halogenated alkanes) is 11. The third kappa shape index (κ3) is 13.3. The second-order valence-electron chi connectivity index (χ2n) is 12.7. The molecule has 0 aliphatic carbocycles. The number of nitrogens with one attached hydrogen (secondary N) is 1. The van der Waals surface area contributed by atoms with Crippen LogP contribution in [0.1, 0.15) is 121 Å². The molecule has 3 aromatic rings. The number of benzene rings is 2. The first kappa shape index (κ1) is 37.8. The monoisotopic (exact) mass is 686 g/mol. The number of para-hydroxylation sites is 2. The van der Waals surface area contributed by atoms with Gasteiger partial charge in [-0.3, -0.25) is 4.79 Å². The van der Waals surface area contributed by atoms with Gasteiger partial charge in [0.15, 0.2) is 30.8 Å². The minimum atomic E-state index is -0.187. The largest absolute Gasteiger partial charge is 1.00 e. The summed E-state index contributed by atoms with van der Waals surface area (Å²) < 4.78 is 14.6. The smallest absolute Gasteiger partial charge is 0.262 e. The van der Waals surface area contributed by atoms with E-state index in [0.29, 0.717) is 18.9 Å². The van der Waals surface area contributed by atoms with Gasteiger partial charge in [-0.15, -0.1) is 0 Å². The van der Waals surface area contributed by atoms with Crippen LogP contribution < -0.4 is 36.3 Å². The van der Waals surface area contributed by atoms with E-state index in [2.05, 4.69) is 68.2 Å². The predicted octanol–water partition coefficient (Wildman–Crippen LogP) is 6.79. The molecule has 0 atom stereocenters. The molecule has 7 heteroatoms. The van der Waals surface area contributed by atoms with Crippen LogP contribution in [-0.2, 0) is 16.8 Å². The molecule has 0 aliphatic heterocycles. The van der Waals surface area contributed by atoms with E-state index in [-0.39, 0.29) is 34.9 Å². The number of hydrogen-bond acceptors (Lipinski definition) is 4. The van der Waals surface area contributed by atoms with Crippen molar-refractivity contribution in [3.05, 3.63) is 70.2 Å². The first-order chi connectivity index (χ1) is 20.8. The molecule has 0 unspecified atom stereocenters. The zero-order valence-electron chi connectivity index (χ0n) is 27.8. The highest BCUT2D eigenvalue weighted by Crippen LogP contribution is 2.38. The van der Waals surface area contributed by atoms with Gasteiger partial charge in [-0.2, -0.15) is 4.57 Å². The molecule has 0 saturated carbocycles. The minimum absolute atomic E-state index is 0. The fourth-order valence-electron chi connectivity index (χ4n) is 5.32. The second kappa shape index (κ2) is 20.6. The van der Waals surface area contributed by atoms with Gasteiger partial charge in [0.25, 0.3) is 5.91 Å². The number of thiazole rings is 1. The molecule has 1 heterocycles. The number of anilines is 1. The molecule has 0 saturated heterocycles. The van der Waals surface area contributed by atoms with E-state index in [4.69, 9.17) is 9.47 Å². The summed E-state index contributed by atoms with van der Waals surface area (Å²) in [7, 11) is 0. The van der Waals surface area contributed by atoms with E-state index in [1.165, 1.54) is 75.6 Å². The van der Waals surface area contributed by atoms with Crippen LogP contribution in [0.3, 0.4) is 0 Å². The zero-order valence-corrected chi connectivity index (χ0v) is 30.2. The third-order valence-electron chi connectivity index (χ3n) is 7.91. The van der Waals surface area contributed by atoms with Gasteiger partial charge in [0.05, 0.1) is 17.7 Å². The van der Waals surface area contributed by atoms with Crippen LogP contribution in [0.5, 0.6) is 11.5 Å². The normalized spacial score (nSPS) is 11.2. The summed E-state index contributed by atoms with van der Waals surface area (Å²) in [4.78, 5) is 13.0. The summed E-state index contributed by atoms with van der Waals surface area (Å²) in [5.41, 5.74) is 2.85. The number of rotatable bonds is 20. The van der Waals surface area contributed by atoms with Crippen molar-refractivity contribution in [3.8, 4) is 11.5 Å². The molecule has 1 amide bonds. The fourth-order valence-corrected chi connectivity index (χ4v) is 5.98. The molecule has 0 spiro atoms. The molecule has 244 valence electrons. The molecule has 1 aromatic heterocycles. The Hall–Kier alpha value is -2.38. The molecule has 1 N–H and O–H groups in total. The molecule has 2 aromatic carbocycles. The quantitative estimate of drug-likeness (QED) is 0.105. The van der Waals surface area contributed by atoms with Crippen molar-refractivity contribution in [1.82, 2.24) is 0 Å². The Balaban J connectivity index is 0.00000675. The molecule has 5 nitrogen and oxygen atoms in total. The van der Waals surface area contributed by atoms with Crippen LogP contribution in [0.2, 0.25) is 0 Å². The summed E-state index contributed by atoms with van der Waals surface area (Å²) in [6.45, 7) is 12.2. The van der Waals surface area contributed by atoms with Crippen LogP contribution >= 0.6 is 11.3 Å². The fraction of sp³-hybridized carbons (Fsp3) is 0.568. The van der Waals surface area contributed by atoms with Crippen LogP contribution in [0.25, 0.3) is 0 Å². The van der Waals surface area contributed by atoms with Crippen molar-refractivity contribution in [2.45, 2.75) is 124 Å². The van der Waals surface area contributed by atoms with E-state index in [0.717, 1.165) is 29.0 Å². The lowest BCUT2D eigenvalue weighted by atomic mass is 9.86. The maximum absolute atomic E-state index is 13.0. The SMILES string of the molecule is CCCCCCCCCCCCCCOc1c(OCC(=O)Nc2ccccc2C[n+]2ccsc2C)cccc1C(C)(C)C.[Br-]. The lowest BCUT2D eigenvalue weighted by Crippen LogP contribution is -3.00. The number of carbonyl (C=O) groups is 1. The first-order valence-corrected chi connectivity index (χ1v) is 17.4. The molecule has 0 bridgehead atoms. The van der Waals surface area contributed by atoms with Crippen molar-refractivity contribution in [2.24, 2.45) is 0 Å². The Morgan fingerprint density at radius 1 is 0.841 bits per heavy atom. The lowest BCUT2D eigenvalue weighted by molar-refractivity contribution is -0.689. The molecule has 0 radical (unpaired) electrons. The maximum Gasteiger partial charge on any atom is 0.262 e. The van der Waals surface area contributed by atoms with E-state index in [9.17, 15) is 4.79 Å². The highest BCUT2D eigenvalue weighted by Gasteiger charge is 2.23. The molecule has 0 aliphatic rings. The van der Waals surface area contributed by atoms with Gasteiger partial charge in [0.1, 0.15) is 0 Å². The Labute approximate surface area is 281 Å². The van der Waals surface area contributed by atoms with Gasteiger partial charge in [0.2, 0.25) is 5.01 Å². The molecular weight excluding hydrogens is 632 g/mol.